The van der Waals surface area contributed by atoms with Crippen LogP contribution in [0.4, 0.5) is 42.1 Å². The highest BCUT2D eigenvalue weighted by molar-refractivity contribution is 7.71. The third kappa shape index (κ3) is 8.26. The first-order valence-electron chi connectivity index (χ1n) is 18.0. The smallest absolute Gasteiger partial charge is 0.422 e. The Morgan fingerprint density at radius 1 is 0.923 bits per heavy atom. The van der Waals surface area contributed by atoms with Gasteiger partial charge in [-0.2, -0.15) is 23.1 Å². The molecule has 0 amide bonds. The molecule has 3 aromatic heterocycles. The summed E-state index contributed by atoms with van der Waals surface area (Å²) in [5.41, 5.74) is 3.81. The van der Waals surface area contributed by atoms with Gasteiger partial charge in [0.2, 0.25) is 11.8 Å². The van der Waals surface area contributed by atoms with Crippen LogP contribution in [-0.4, -0.2) is 113 Å². The summed E-state index contributed by atoms with van der Waals surface area (Å²) in [6.07, 6.45) is 4.85. The maximum absolute atomic E-state index is 13.6. The van der Waals surface area contributed by atoms with Crippen LogP contribution in [0.2, 0.25) is 0 Å². The highest BCUT2D eigenvalue weighted by Crippen LogP contribution is 2.45. The van der Waals surface area contributed by atoms with Crippen LogP contribution in [0, 0.1) is 0 Å². The number of anilines is 5. The Morgan fingerprint density at radius 3 is 2.33 bits per heavy atom. The van der Waals surface area contributed by atoms with E-state index in [4.69, 9.17) is 14.7 Å². The molecule has 278 valence electrons. The SMILES string of the molecule is CCc1cc(Nc2ncc(C3CC3)c(Nc3ccc4nccnc4c3P(C)(C)=O)n2)c(OCC(F)(F)F)nc1N1CCC(N2CCN(C)CC2)CC1. The topological polar surface area (TPSA) is 125 Å². The maximum atomic E-state index is 13.6. The van der Waals surface area contributed by atoms with Crippen LogP contribution in [-0.2, 0) is 11.0 Å². The minimum atomic E-state index is -4.55. The first kappa shape index (κ1) is 36.3. The zero-order valence-corrected chi connectivity index (χ0v) is 31.0. The maximum Gasteiger partial charge on any atom is 0.422 e. The summed E-state index contributed by atoms with van der Waals surface area (Å²) in [7, 11) is -0.696. The fourth-order valence-electron chi connectivity index (χ4n) is 7.20. The van der Waals surface area contributed by atoms with Crippen molar-refractivity contribution >= 4 is 52.4 Å². The zero-order chi connectivity index (χ0) is 36.6. The highest BCUT2D eigenvalue weighted by Gasteiger charge is 2.33. The molecule has 0 unspecified atom stereocenters. The Hall–Kier alpha value is -4.07. The lowest BCUT2D eigenvalue weighted by Crippen LogP contribution is -2.52. The standard InChI is InChI=1S/C36H46F3N10O2P/c1-5-23-20-29(34(51-22-36(37,38)39)46-33(23)49-14-10-25(11-15-49)48-18-16-47(2)17-19-48)44-35-42-21-26(24-6-7-24)32(45-35)43-28-9-8-27-30(41-13-12-40-27)31(28)52(3,4)50/h8-9,12-13,20-21,24-25H,5-7,10-11,14-19,22H2,1-4H3,(H2,42,43,44,45). The summed E-state index contributed by atoms with van der Waals surface area (Å²) in [5.74, 6) is 1.41. The van der Waals surface area contributed by atoms with E-state index in [9.17, 15) is 17.7 Å². The fraction of sp³-hybridized carbons (Fsp3) is 0.528. The van der Waals surface area contributed by atoms with Crippen molar-refractivity contribution in [2.75, 3.05) is 81.8 Å². The fourth-order valence-corrected chi connectivity index (χ4v) is 8.60. The van der Waals surface area contributed by atoms with E-state index in [-0.39, 0.29) is 23.4 Å². The van der Waals surface area contributed by atoms with Gasteiger partial charge in [0.25, 0.3) is 0 Å². The number of fused-ring (bicyclic) bond motifs is 1. The summed E-state index contributed by atoms with van der Waals surface area (Å²) in [6.45, 7) is 9.63. The van der Waals surface area contributed by atoms with Crippen molar-refractivity contribution in [3.8, 4) is 5.88 Å². The number of hydrogen-bond acceptors (Lipinski definition) is 12. The van der Waals surface area contributed by atoms with Crippen molar-refractivity contribution in [3.05, 3.63) is 47.9 Å². The largest absolute Gasteiger partial charge is 0.466 e. The number of alkyl halides is 3. The number of aromatic nitrogens is 5. The molecule has 16 heteroatoms. The number of pyridine rings is 1. The molecule has 3 aliphatic rings. The van der Waals surface area contributed by atoms with Gasteiger partial charge in [-0.3, -0.25) is 14.9 Å². The number of ether oxygens (including phenoxy) is 1. The van der Waals surface area contributed by atoms with Gasteiger partial charge in [0, 0.05) is 69.5 Å². The lowest BCUT2D eigenvalue weighted by atomic mass is 10.0. The van der Waals surface area contributed by atoms with Gasteiger partial charge < -0.3 is 29.7 Å². The second-order valence-electron chi connectivity index (χ2n) is 14.4. The van der Waals surface area contributed by atoms with Crippen LogP contribution in [0.15, 0.2) is 36.8 Å². The average Bonchev–Trinajstić information content (AvgIpc) is 3.96. The molecule has 0 atom stereocenters. The first-order valence-corrected chi connectivity index (χ1v) is 20.6. The molecule has 0 radical (unpaired) electrons. The molecule has 7 rings (SSSR count). The van der Waals surface area contributed by atoms with Crippen molar-refractivity contribution in [3.63, 3.8) is 0 Å². The molecule has 2 saturated heterocycles. The van der Waals surface area contributed by atoms with Gasteiger partial charge in [-0.25, -0.2) is 4.98 Å². The third-order valence-electron chi connectivity index (χ3n) is 10.1. The van der Waals surface area contributed by atoms with Crippen molar-refractivity contribution < 1.29 is 22.5 Å². The van der Waals surface area contributed by atoms with E-state index in [1.54, 1.807) is 38.0 Å². The molecule has 52 heavy (non-hydrogen) atoms. The van der Waals surface area contributed by atoms with Gasteiger partial charge in [-0.1, -0.05) is 6.92 Å². The number of nitrogens with one attached hydrogen (secondary N) is 2. The normalized spacial score (nSPS) is 18.2. The number of halogens is 3. The number of piperazine rings is 1. The monoisotopic (exact) mass is 738 g/mol. The molecule has 12 nitrogen and oxygen atoms in total. The van der Waals surface area contributed by atoms with Crippen LogP contribution in [0.5, 0.6) is 5.88 Å². The molecule has 0 spiro atoms. The molecule has 1 aromatic carbocycles. The number of hydrogen-bond donors (Lipinski definition) is 2. The molecular formula is C36H46F3N10O2P. The average molecular weight is 739 g/mol. The summed E-state index contributed by atoms with van der Waals surface area (Å²) >= 11 is 0. The minimum absolute atomic E-state index is 0.159. The first-order chi connectivity index (χ1) is 24.9. The van der Waals surface area contributed by atoms with Crippen LogP contribution in [0.3, 0.4) is 0 Å². The molecule has 5 heterocycles. The molecule has 2 aliphatic heterocycles. The molecule has 0 bridgehead atoms. The predicted molar refractivity (Wildman–Crippen MR) is 199 cm³/mol. The number of benzene rings is 1. The quantitative estimate of drug-likeness (QED) is 0.172. The number of piperidine rings is 1. The molecular weight excluding hydrogens is 692 g/mol. The van der Waals surface area contributed by atoms with Crippen LogP contribution in [0.1, 0.15) is 49.7 Å². The highest BCUT2D eigenvalue weighted by atomic mass is 31.2. The number of rotatable bonds is 11. The molecule has 3 fully saturated rings. The number of nitrogens with zero attached hydrogens (tertiary/aromatic N) is 8. The Morgan fingerprint density at radius 2 is 1.65 bits per heavy atom. The summed E-state index contributed by atoms with van der Waals surface area (Å²) < 4.78 is 59.4. The van der Waals surface area contributed by atoms with Crippen LogP contribution >= 0.6 is 7.14 Å². The van der Waals surface area contributed by atoms with E-state index in [0.717, 1.165) is 76.1 Å². The third-order valence-corrected chi connectivity index (χ3v) is 11.6. The van der Waals surface area contributed by atoms with Crippen molar-refractivity contribution in [1.82, 2.24) is 34.7 Å². The Balaban J connectivity index is 1.19. The van der Waals surface area contributed by atoms with E-state index in [1.807, 2.05) is 19.1 Å². The van der Waals surface area contributed by atoms with Gasteiger partial charge in [0.1, 0.15) is 30.0 Å². The Labute approximate surface area is 302 Å². The van der Waals surface area contributed by atoms with Crippen molar-refractivity contribution in [2.45, 2.75) is 57.2 Å². The predicted octanol–water partition coefficient (Wildman–Crippen LogP) is 6.15. The Bertz CT molecular complexity index is 1960. The van der Waals surface area contributed by atoms with E-state index < -0.39 is 19.9 Å². The Kier molecular flexibility index (Phi) is 10.3. The van der Waals surface area contributed by atoms with Crippen molar-refractivity contribution in [1.29, 1.82) is 0 Å². The minimum Gasteiger partial charge on any atom is -0.466 e. The summed E-state index contributed by atoms with van der Waals surface area (Å²) in [5, 5.41) is 7.11. The zero-order valence-electron chi connectivity index (χ0n) is 30.1. The van der Waals surface area contributed by atoms with E-state index >= 15 is 0 Å². The van der Waals surface area contributed by atoms with Gasteiger partial charge in [0.05, 0.1) is 16.5 Å². The van der Waals surface area contributed by atoms with E-state index in [1.165, 1.54) is 0 Å². The molecule has 4 aromatic rings. The lowest BCUT2D eigenvalue weighted by molar-refractivity contribution is -0.153. The second kappa shape index (κ2) is 14.7. The van der Waals surface area contributed by atoms with Gasteiger partial charge in [-0.15, -0.1) is 0 Å². The van der Waals surface area contributed by atoms with Gasteiger partial charge in [-0.05, 0) is 82.2 Å². The van der Waals surface area contributed by atoms with Crippen LogP contribution < -0.4 is 25.6 Å². The lowest BCUT2D eigenvalue weighted by Gasteiger charge is -2.42. The molecule has 1 saturated carbocycles. The summed E-state index contributed by atoms with van der Waals surface area (Å²) in [4.78, 5) is 30.1. The van der Waals surface area contributed by atoms with Crippen molar-refractivity contribution in [2.24, 2.45) is 0 Å². The second-order valence-corrected chi connectivity index (χ2v) is 17.5. The van der Waals surface area contributed by atoms with Gasteiger partial charge >= 0.3 is 6.18 Å². The molecule has 2 N–H and O–H groups in total. The van der Waals surface area contributed by atoms with E-state index in [0.29, 0.717) is 46.1 Å². The number of likely N-dealkylation sites (N-methyl/N-ethyl adjacent to an activating group) is 1. The number of aryl methyl sites for hydroxylation is 1. The van der Waals surface area contributed by atoms with Crippen LogP contribution in [0.25, 0.3) is 11.0 Å². The van der Waals surface area contributed by atoms with Gasteiger partial charge in [0.15, 0.2) is 6.61 Å². The molecule has 1 aliphatic carbocycles. The summed E-state index contributed by atoms with van der Waals surface area (Å²) in [6, 6.07) is 5.93. The van der Waals surface area contributed by atoms with E-state index in [2.05, 4.69) is 47.3 Å².